The zero-order valence-corrected chi connectivity index (χ0v) is 14.0. The number of thioether (sulfide) groups is 1. The van der Waals surface area contributed by atoms with Crippen LogP contribution in [0.15, 0.2) is 0 Å². The Kier molecular flexibility index (Phi) is 7.15. The third-order valence-electron chi connectivity index (χ3n) is 4.91. The smallest absolute Gasteiger partial charge is 0.0438 e. The molecule has 0 radical (unpaired) electrons. The fraction of sp³-hybridized carbons (Fsp3) is 1.00. The lowest BCUT2D eigenvalue weighted by Gasteiger charge is -2.49. The Bertz CT molecular complexity index is 261. The summed E-state index contributed by atoms with van der Waals surface area (Å²) in [6.45, 7) is 8.73. The van der Waals surface area contributed by atoms with Gasteiger partial charge in [-0.2, -0.15) is 11.8 Å². The Morgan fingerprint density at radius 2 is 1.90 bits per heavy atom. The number of likely N-dealkylation sites (tertiary alicyclic amines) is 1. The first-order chi connectivity index (χ1) is 9.72. The number of hydrogen-bond acceptors (Lipinski definition) is 4. The number of hydrogen-bond donors (Lipinski definition) is 2. The summed E-state index contributed by atoms with van der Waals surface area (Å²) in [6.07, 6.45) is 5.19. The second-order valence-electron chi connectivity index (χ2n) is 6.67. The van der Waals surface area contributed by atoms with Gasteiger partial charge >= 0.3 is 0 Å². The Morgan fingerprint density at radius 3 is 2.50 bits per heavy atom. The average Bonchev–Trinajstić information content (AvgIpc) is 2.41. The predicted molar refractivity (Wildman–Crippen MR) is 88.4 cm³/mol. The number of nitrogens with zero attached hydrogens (tertiary/aromatic N) is 1. The maximum Gasteiger partial charge on any atom is 0.0438 e. The summed E-state index contributed by atoms with van der Waals surface area (Å²) in [4.78, 5) is 2.68. The van der Waals surface area contributed by atoms with Gasteiger partial charge in [-0.15, -0.1) is 0 Å². The zero-order chi connectivity index (χ0) is 14.4. The van der Waals surface area contributed by atoms with Crippen molar-refractivity contribution in [2.24, 2.45) is 11.8 Å². The van der Waals surface area contributed by atoms with Gasteiger partial charge in [-0.1, -0.05) is 6.42 Å². The minimum Gasteiger partial charge on any atom is -0.396 e. The molecule has 2 N–H and O–H groups in total. The van der Waals surface area contributed by atoms with Crippen molar-refractivity contribution in [2.45, 2.75) is 51.6 Å². The topological polar surface area (TPSA) is 35.5 Å². The van der Waals surface area contributed by atoms with Crippen LogP contribution in [0, 0.1) is 11.8 Å². The molecule has 1 saturated heterocycles. The Hall–Kier alpha value is 0.230. The molecule has 2 aliphatic rings. The van der Waals surface area contributed by atoms with Crippen LogP contribution in [0.5, 0.6) is 0 Å². The molecule has 20 heavy (non-hydrogen) atoms. The molecule has 3 nitrogen and oxygen atoms in total. The van der Waals surface area contributed by atoms with Gasteiger partial charge in [0.1, 0.15) is 0 Å². The van der Waals surface area contributed by atoms with Crippen LogP contribution in [0.2, 0.25) is 0 Å². The second-order valence-corrected chi connectivity index (χ2v) is 7.89. The van der Waals surface area contributed by atoms with E-state index in [-0.39, 0.29) is 0 Å². The van der Waals surface area contributed by atoms with Gasteiger partial charge in [0.15, 0.2) is 0 Å². The highest BCUT2D eigenvalue weighted by Gasteiger charge is 2.39. The maximum atomic E-state index is 8.77. The number of piperidine rings is 1. The molecule has 0 spiro atoms. The molecular formula is C16H32N2OS. The van der Waals surface area contributed by atoms with E-state index in [4.69, 9.17) is 5.11 Å². The Morgan fingerprint density at radius 1 is 1.20 bits per heavy atom. The lowest BCUT2D eigenvalue weighted by atomic mass is 9.73. The minimum atomic E-state index is 0.332. The van der Waals surface area contributed by atoms with Crippen molar-refractivity contribution in [1.82, 2.24) is 10.2 Å². The molecule has 118 valence electrons. The van der Waals surface area contributed by atoms with Crippen LogP contribution in [-0.4, -0.2) is 59.8 Å². The standard InChI is InChI=1S/C16H32N2OS/c1-13(2)18-11-14-5-3-6-15(12-18)16(14)17-7-10-20-9-4-8-19/h13-17,19H,3-12H2,1-2H3. The summed E-state index contributed by atoms with van der Waals surface area (Å²) in [7, 11) is 0. The van der Waals surface area contributed by atoms with Crippen molar-refractivity contribution < 1.29 is 5.11 Å². The van der Waals surface area contributed by atoms with Crippen LogP contribution in [0.3, 0.4) is 0 Å². The molecule has 1 heterocycles. The summed E-state index contributed by atoms with van der Waals surface area (Å²) in [5.41, 5.74) is 0. The number of nitrogens with one attached hydrogen (secondary N) is 1. The van der Waals surface area contributed by atoms with E-state index in [0.29, 0.717) is 12.6 Å². The summed E-state index contributed by atoms with van der Waals surface area (Å²) in [5, 5.41) is 12.6. The predicted octanol–water partition coefficient (Wildman–Crippen LogP) is 2.20. The van der Waals surface area contributed by atoms with E-state index in [2.05, 4.69) is 24.1 Å². The number of aliphatic hydroxyl groups is 1. The monoisotopic (exact) mass is 300 g/mol. The Balaban J connectivity index is 1.72. The average molecular weight is 301 g/mol. The minimum absolute atomic E-state index is 0.332. The quantitative estimate of drug-likeness (QED) is 0.674. The SMILES string of the molecule is CC(C)N1CC2CCCC(C1)C2NCCSCCCO. The van der Waals surface area contributed by atoms with Gasteiger partial charge in [0.05, 0.1) is 0 Å². The molecule has 0 aromatic carbocycles. The van der Waals surface area contributed by atoms with E-state index in [1.807, 2.05) is 11.8 Å². The van der Waals surface area contributed by atoms with Gasteiger partial charge in [0, 0.05) is 44.1 Å². The zero-order valence-electron chi connectivity index (χ0n) is 13.2. The van der Waals surface area contributed by atoms with Crippen LogP contribution < -0.4 is 5.32 Å². The molecule has 2 atom stereocenters. The third-order valence-corrected chi connectivity index (χ3v) is 5.98. The van der Waals surface area contributed by atoms with Crippen molar-refractivity contribution in [2.75, 3.05) is 37.7 Å². The van der Waals surface area contributed by atoms with E-state index in [9.17, 15) is 0 Å². The third kappa shape index (κ3) is 4.62. The van der Waals surface area contributed by atoms with Gasteiger partial charge in [0.25, 0.3) is 0 Å². The van der Waals surface area contributed by atoms with Gasteiger partial charge in [-0.3, -0.25) is 0 Å². The van der Waals surface area contributed by atoms with Crippen molar-refractivity contribution >= 4 is 11.8 Å². The lowest BCUT2D eigenvalue weighted by Crippen LogP contribution is -2.58. The van der Waals surface area contributed by atoms with Crippen molar-refractivity contribution in [3.8, 4) is 0 Å². The first kappa shape index (κ1) is 16.6. The second kappa shape index (κ2) is 8.62. The lowest BCUT2D eigenvalue weighted by molar-refractivity contribution is 0.0306. The summed E-state index contributed by atoms with van der Waals surface area (Å²) >= 11 is 1.97. The molecule has 0 aromatic rings. The van der Waals surface area contributed by atoms with Gasteiger partial charge in [-0.05, 0) is 50.7 Å². The first-order valence-electron chi connectivity index (χ1n) is 8.38. The Labute approximate surface area is 128 Å². The van der Waals surface area contributed by atoms with Crippen molar-refractivity contribution in [3.05, 3.63) is 0 Å². The normalized spacial score (nSPS) is 30.9. The molecule has 2 fully saturated rings. The highest BCUT2D eigenvalue weighted by atomic mass is 32.2. The molecule has 2 rings (SSSR count). The summed E-state index contributed by atoms with van der Waals surface area (Å²) in [6, 6.07) is 1.46. The molecule has 1 saturated carbocycles. The van der Waals surface area contributed by atoms with E-state index < -0.39 is 0 Å². The van der Waals surface area contributed by atoms with Crippen LogP contribution in [0.4, 0.5) is 0 Å². The van der Waals surface area contributed by atoms with Gasteiger partial charge < -0.3 is 15.3 Å². The number of aliphatic hydroxyl groups excluding tert-OH is 1. The van der Waals surface area contributed by atoms with Gasteiger partial charge in [-0.25, -0.2) is 0 Å². The molecule has 4 heteroatoms. The fourth-order valence-corrected chi connectivity index (χ4v) is 4.59. The van der Waals surface area contributed by atoms with Gasteiger partial charge in [0.2, 0.25) is 0 Å². The number of fused-ring (bicyclic) bond motifs is 2. The van der Waals surface area contributed by atoms with E-state index >= 15 is 0 Å². The highest BCUT2D eigenvalue weighted by molar-refractivity contribution is 7.99. The molecule has 2 bridgehead atoms. The summed E-state index contributed by atoms with van der Waals surface area (Å²) < 4.78 is 0. The van der Waals surface area contributed by atoms with Crippen LogP contribution in [0.1, 0.15) is 39.5 Å². The van der Waals surface area contributed by atoms with E-state index in [1.165, 1.54) is 38.1 Å². The largest absolute Gasteiger partial charge is 0.396 e. The molecule has 1 aliphatic carbocycles. The molecule has 0 aromatic heterocycles. The van der Waals surface area contributed by atoms with Crippen molar-refractivity contribution in [1.29, 1.82) is 0 Å². The van der Waals surface area contributed by atoms with Crippen LogP contribution in [0.25, 0.3) is 0 Å². The highest BCUT2D eigenvalue weighted by Crippen LogP contribution is 2.35. The van der Waals surface area contributed by atoms with Crippen LogP contribution >= 0.6 is 11.8 Å². The molecule has 1 aliphatic heterocycles. The van der Waals surface area contributed by atoms with E-state index in [1.54, 1.807) is 0 Å². The van der Waals surface area contributed by atoms with Crippen LogP contribution in [-0.2, 0) is 0 Å². The van der Waals surface area contributed by atoms with E-state index in [0.717, 1.165) is 36.6 Å². The molecular weight excluding hydrogens is 268 g/mol. The first-order valence-corrected chi connectivity index (χ1v) is 9.54. The molecule has 2 unspecified atom stereocenters. The summed E-state index contributed by atoms with van der Waals surface area (Å²) in [5.74, 6) is 4.01. The van der Waals surface area contributed by atoms with Crippen molar-refractivity contribution in [3.63, 3.8) is 0 Å². The fourth-order valence-electron chi connectivity index (χ4n) is 3.79. The maximum absolute atomic E-state index is 8.77. The molecule has 0 amide bonds. The number of rotatable bonds is 8.